The molecule has 2 N–H and O–H groups in total. The second-order valence-electron chi connectivity index (χ2n) is 5.68. The summed E-state index contributed by atoms with van der Waals surface area (Å²) in [5.74, 6) is -0.555. The van der Waals surface area contributed by atoms with E-state index in [0.29, 0.717) is 37.7 Å². The summed E-state index contributed by atoms with van der Waals surface area (Å²) >= 11 is 0. The van der Waals surface area contributed by atoms with Gasteiger partial charge in [-0.3, -0.25) is 4.79 Å². The standard InChI is InChI=1S/C14H20O5/c1-13-7-5-9(8-11(16)19-2)12(17)14(13,18)6-3-4-10(13)15/h8,12,17-18H,3-7H2,1-2H3/b9-8+/t12-,13+,14+/m0/s1. The summed E-state index contributed by atoms with van der Waals surface area (Å²) in [5.41, 5.74) is -1.94. The van der Waals surface area contributed by atoms with E-state index >= 15 is 0 Å². The Morgan fingerprint density at radius 3 is 2.74 bits per heavy atom. The zero-order chi connectivity index (χ0) is 14.3. The Morgan fingerprint density at radius 1 is 1.42 bits per heavy atom. The molecule has 0 bridgehead atoms. The average molecular weight is 268 g/mol. The first-order valence-electron chi connectivity index (χ1n) is 6.57. The van der Waals surface area contributed by atoms with Crippen LogP contribution in [0.4, 0.5) is 0 Å². The Hall–Kier alpha value is -1.20. The van der Waals surface area contributed by atoms with E-state index in [2.05, 4.69) is 4.74 Å². The number of aliphatic hydroxyl groups is 2. The van der Waals surface area contributed by atoms with E-state index < -0.39 is 23.1 Å². The fourth-order valence-electron chi connectivity index (χ4n) is 3.31. The van der Waals surface area contributed by atoms with Crippen molar-refractivity contribution in [3.05, 3.63) is 11.6 Å². The van der Waals surface area contributed by atoms with E-state index in [4.69, 9.17) is 0 Å². The Kier molecular flexibility index (Phi) is 3.53. The highest BCUT2D eigenvalue weighted by atomic mass is 16.5. The van der Waals surface area contributed by atoms with Crippen LogP contribution in [0.1, 0.15) is 39.0 Å². The van der Waals surface area contributed by atoms with Gasteiger partial charge in [-0.05, 0) is 38.2 Å². The number of methoxy groups -OCH3 is 1. The van der Waals surface area contributed by atoms with Crippen molar-refractivity contribution >= 4 is 11.8 Å². The van der Waals surface area contributed by atoms with Gasteiger partial charge >= 0.3 is 5.97 Å². The molecular weight excluding hydrogens is 248 g/mol. The fourth-order valence-corrected chi connectivity index (χ4v) is 3.31. The van der Waals surface area contributed by atoms with Crippen molar-refractivity contribution in [2.24, 2.45) is 5.41 Å². The Bertz CT molecular complexity index is 441. The van der Waals surface area contributed by atoms with Crippen LogP contribution >= 0.6 is 0 Å². The van der Waals surface area contributed by atoms with Crippen molar-refractivity contribution in [3.63, 3.8) is 0 Å². The second-order valence-corrected chi connectivity index (χ2v) is 5.68. The van der Waals surface area contributed by atoms with E-state index in [-0.39, 0.29) is 5.78 Å². The Labute approximate surface area is 112 Å². The first-order valence-corrected chi connectivity index (χ1v) is 6.57. The number of rotatable bonds is 1. The monoisotopic (exact) mass is 268 g/mol. The molecule has 0 aromatic rings. The van der Waals surface area contributed by atoms with Crippen LogP contribution in [0.2, 0.25) is 0 Å². The maximum Gasteiger partial charge on any atom is 0.330 e. The highest BCUT2D eigenvalue weighted by Gasteiger charge is 2.60. The summed E-state index contributed by atoms with van der Waals surface area (Å²) in [5, 5.41) is 21.2. The molecule has 2 aliphatic carbocycles. The van der Waals surface area contributed by atoms with Crippen LogP contribution in [-0.2, 0) is 14.3 Å². The van der Waals surface area contributed by atoms with Gasteiger partial charge in [0.05, 0.1) is 12.5 Å². The van der Waals surface area contributed by atoms with Gasteiger partial charge in [-0.15, -0.1) is 0 Å². The van der Waals surface area contributed by atoms with Crippen molar-refractivity contribution in [2.45, 2.75) is 50.7 Å². The van der Waals surface area contributed by atoms with E-state index in [9.17, 15) is 19.8 Å². The summed E-state index contributed by atoms with van der Waals surface area (Å²) in [6.07, 6.45) is 2.28. The molecule has 0 aromatic heterocycles. The zero-order valence-electron chi connectivity index (χ0n) is 11.3. The Morgan fingerprint density at radius 2 is 2.11 bits per heavy atom. The predicted molar refractivity (Wildman–Crippen MR) is 67.3 cm³/mol. The Balaban J connectivity index is 2.36. The smallest absolute Gasteiger partial charge is 0.330 e. The number of ether oxygens (including phenoxy) is 1. The van der Waals surface area contributed by atoms with Crippen LogP contribution in [0.3, 0.4) is 0 Å². The van der Waals surface area contributed by atoms with E-state index in [1.54, 1.807) is 6.92 Å². The SMILES string of the molecule is COC(=O)/C=C1\CC[C@]2(C)C(=O)CCC[C@@]2(O)[C@H]1O. The minimum Gasteiger partial charge on any atom is -0.466 e. The van der Waals surface area contributed by atoms with E-state index in [0.717, 1.165) is 0 Å². The van der Waals surface area contributed by atoms with Gasteiger partial charge in [0.15, 0.2) is 0 Å². The molecule has 3 atom stereocenters. The van der Waals surface area contributed by atoms with Gasteiger partial charge in [-0.2, -0.15) is 0 Å². The van der Waals surface area contributed by atoms with E-state index in [1.807, 2.05) is 0 Å². The minimum atomic E-state index is -1.47. The number of carbonyl (C=O) groups excluding carboxylic acids is 2. The molecule has 2 aliphatic rings. The third-order valence-electron chi connectivity index (χ3n) is 4.75. The van der Waals surface area contributed by atoms with Gasteiger partial charge in [-0.1, -0.05) is 0 Å². The summed E-state index contributed by atoms with van der Waals surface area (Å²) in [7, 11) is 1.26. The zero-order valence-corrected chi connectivity index (χ0v) is 11.3. The summed E-state index contributed by atoms with van der Waals surface area (Å²) in [6, 6.07) is 0. The molecule has 0 aliphatic heterocycles. The van der Waals surface area contributed by atoms with Gasteiger partial charge in [0.1, 0.15) is 17.5 Å². The molecule has 0 saturated heterocycles. The second kappa shape index (κ2) is 4.72. The van der Waals surface area contributed by atoms with Crippen molar-refractivity contribution in [3.8, 4) is 0 Å². The van der Waals surface area contributed by atoms with Crippen LogP contribution in [0, 0.1) is 5.41 Å². The average Bonchev–Trinajstić information content (AvgIpc) is 2.38. The topological polar surface area (TPSA) is 83.8 Å². The number of aliphatic hydroxyl groups excluding tert-OH is 1. The van der Waals surface area contributed by atoms with Crippen LogP contribution < -0.4 is 0 Å². The molecule has 0 aromatic carbocycles. The highest BCUT2D eigenvalue weighted by molar-refractivity contribution is 5.88. The molecule has 2 rings (SSSR count). The first kappa shape index (κ1) is 14.2. The van der Waals surface area contributed by atoms with Crippen LogP contribution in [0.25, 0.3) is 0 Å². The summed E-state index contributed by atoms with van der Waals surface area (Å²) in [4.78, 5) is 23.4. The third-order valence-corrected chi connectivity index (χ3v) is 4.75. The molecule has 5 nitrogen and oxygen atoms in total. The molecule has 2 saturated carbocycles. The fraction of sp³-hybridized carbons (Fsp3) is 0.714. The molecule has 0 spiro atoms. The molecule has 5 heteroatoms. The molecule has 0 unspecified atom stereocenters. The predicted octanol–water partition coefficient (Wildman–Crippen LogP) is 0.731. The lowest BCUT2D eigenvalue weighted by atomic mass is 9.54. The highest BCUT2D eigenvalue weighted by Crippen LogP contribution is 2.52. The van der Waals surface area contributed by atoms with E-state index in [1.165, 1.54) is 13.2 Å². The van der Waals surface area contributed by atoms with Crippen molar-refractivity contribution in [1.29, 1.82) is 0 Å². The molecule has 19 heavy (non-hydrogen) atoms. The third kappa shape index (κ3) is 2.01. The molecule has 0 radical (unpaired) electrons. The number of hydrogen-bond acceptors (Lipinski definition) is 5. The maximum absolute atomic E-state index is 12.1. The number of hydrogen-bond donors (Lipinski definition) is 2. The van der Waals surface area contributed by atoms with Gasteiger partial charge < -0.3 is 14.9 Å². The quantitative estimate of drug-likeness (QED) is 0.541. The summed E-state index contributed by atoms with van der Waals surface area (Å²) in [6.45, 7) is 1.71. The summed E-state index contributed by atoms with van der Waals surface area (Å²) < 4.78 is 4.54. The molecular formula is C14H20O5. The van der Waals surface area contributed by atoms with Crippen molar-refractivity contribution in [1.82, 2.24) is 0 Å². The van der Waals surface area contributed by atoms with Gasteiger partial charge in [0.25, 0.3) is 0 Å². The van der Waals surface area contributed by atoms with Gasteiger partial charge in [0, 0.05) is 12.5 Å². The van der Waals surface area contributed by atoms with Crippen LogP contribution in [-0.4, -0.2) is 40.8 Å². The van der Waals surface area contributed by atoms with Crippen molar-refractivity contribution < 1.29 is 24.5 Å². The van der Waals surface area contributed by atoms with Gasteiger partial charge in [0.2, 0.25) is 0 Å². The molecule has 0 heterocycles. The largest absolute Gasteiger partial charge is 0.466 e. The number of Topliss-reactive ketones (excluding diaryl/α,β-unsaturated/α-hetero) is 1. The molecule has 0 amide bonds. The van der Waals surface area contributed by atoms with Gasteiger partial charge in [-0.25, -0.2) is 4.79 Å². The number of fused-ring (bicyclic) bond motifs is 1. The van der Waals surface area contributed by atoms with Crippen LogP contribution in [0.5, 0.6) is 0 Å². The number of carbonyl (C=O) groups is 2. The molecule has 2 fully saturated rings. The lowest BCUT2D eigenvalue weighted by Crippen LogP contribution is -2.63. The normalized spacial score (nSPS) is 40.9. The van der Waals surface area contributed by atoms with Crippen molar-refractivity contribution in [2.75, 3.05) is 7.11 Å². The van der Waals surface area contributed by atoms with Crippen LogP contribution in [0.15, 0.2) is 11.6 Å². The number of ketones is 1. The molecule has 106 valence electrons. The first-order chi connectivity index (χ1) is 8.85. The lowest BCUT2D eigenvalue weighted by Gasteiger charge is -2.53. The number of esters is 1. The lowest BCUT2D eigenvalue weighted by molar-refractivity contribution is -0.185. The minimum absolute atomic E-state index is 0.00239. The maximum atomic E-state index is 12.1.